The summed E-state index contributed by atoms with van der Waals surface area (Å²) in [4.78, 5) is 36.9. The van der Waals surface area contributed by atoms with E-state index in [1.807, 2.05) is 6.92 Å². The summed E-state index contributed by atoms with van der Waals surface area (Å²) in [5.41, 5.74) is 3.34. The third kappa shape index (κ3) is 7.79. The first-order valence-corrected chi connectivity index (χ1v) is 16.4. The fourth-order valence-corrected chi connectivity index (χ4v) is 6.41. The first-order chi connectivity index (χ1) is 23.2. The van der Waals surface area contributed by atoms with Crippen molar-refractivity contribution >= 4 is 24.0 Å². The number of ether oxygens (including phenoxy) is 3. The van der Waals surface area contributed by atoms with Crippen LogP contribution in [0.2, 0.25) is 0 Å². The molecule has 1 aliphatic carbocycles. The molecule has 48 heavy (non-hydrogen) atoms. The van der Waals surface area contributed by atoms with Gasteiger partial charge in [-0.25, -0.2) is 14.4 Å². The molecule has 0 radical (unpaired) electrons. The summed E-state index contributed by atoms with van der Waals surface area (Å²) in [7, 11) is 0. The molecule has 1 atom stereocenters. The van der Waals surface area contributed by atoms with Crippen molar-refractivity contribution in [3.8, 4) is 28.9 Å². The Morgan fingerprint density at radius 1 is 0.792 bits per heavy atom. The molecule has 1 heterocycles. The molecular weight excluding hydrogens is 610 g/mol. The van der Waals surface area contributed by atoms with E-state index in [0.717, 1.165) is 30.4 Å². The molecule has 0 amide bonds. The first-order valence-electron chi connectivity index (χ1n) is 16.4. The van der Waals surface area contributed by atoms with Gasteiger partial charge in [-0.3, -0.25) is 4.57 Å². The molecule has 1 aliphatic rings. The monoisotopic (exact) mass is 651 g/mol. The molecule has 3 aromatic carbocycles. The predicted molar refractivity (Wildman–Crippen MR) is 182 cm³/mol. The van der Waals surface area contributed by atoms with Crippen molar-refractivity contribution in [3.05, 3.63) is 107 Å². The van der Waals surface area contributed by atoms with Crippen molar-refractivity contribution in [1.82, 2.24) is 4.57 Å². The average Bonchev–Trinajstić information content (AvgIpc) is 3.32. The number of hydrogen-bond donors (Lipinski definition) is 2. The lowest BCUT2D eigenvalue weighted by Gasteiger charge is -2.30. The van der Waals surface area contributed by atoms with Gasteiger partial charge in [0.1, 0.15) is 11.5 Å². The first kappa shape index (κ1) is 34.0. The number of nitrogens with zero attached hydrogens (tertiary/aromatic N) is 1. The molecule has 0 aliphatic heterocycles. The normalized spacial score (nSPS) is 14.1. The average molecular weight is 652 g/mol. The van der Waals surface area contributed by atoms with Crippen molar-refractivity contribution < 1.29 is 38.8 Å². The van der Waals surface area contributed by atoms with E-state index in [1.54, 1.807) is 61.5 Å². The van der Waals surface area contributed by atoms with Gasteiger partial charge in [-0.1, -0.05) is 38.3 Å². The molecule has 5 rings (SSSR count). The number of rotatable bonds is 11. The molecule has 9 heteroatoms. The third-order valence-corrected chi connectivity index (χ3v) is 8.88. The van der Waals surface area contributed by atoms with Gasteiger partial charge in [0.15, 0.2) is 0 Å². The second-order valence-corrected chi connectivity index (χ2v) is 11.9. The van der Waals surface area contributed by atoms with Gasteiger partial charge in [0, 0.05) is 17.2 Å². The Bertz CT molecular complexity index is 1760. The van der Waals surface area contributed by atoms with Crippen molar-refractivity contribution in [1.29, 1.82) is 0 Å². The summed E-state index contributed by atoms with van der Waals surface area (Å²) in [6.07, 6.45) is 9.69. The Labute approximate surface area is 280 Å². The molecule has 1 aromatic heterocycles. The van der Waals surface area contributed by atoms with Gasteiger partial charge in [0.05, 0.1) is 23.4 Å². The fourth-order valence-electron chi connectivity index (χ4n) is 6.41. The molecule has 0 bridgehead atoms. The summed E-state index contributed by atoms with van der Waals surface area (Å²) in [5, 5.41) is 22.3. The predicted octanol–water partition coefficient (Wildman–Crippen LogP) is 8.29. The van der Waals surface area contributed by atoms with E-state index < -0.39 is 17.9 Å². The summed E-state index contributed by atoms with van der Waals surface area (Å²) >= 11 is 0. The minimum absolute atomic E-state index is 0.00231. The summed E-state index contributed by atoms with van der Waals surface area (Å²) in [6, 6.07) is 19.1. The maximum absolute atomic E-state index is 12.9. The van der Waals surface area contributed by atoms with Crippen LogP contribution in [0.25, 0.3) is 11.8 Å². The maximum Gasteiger partial charge on any atom is 0.343 e. The number of carbonyl (C=O) groups is 3. The van der Waals surface area contributed by atoms with Gasteiger partial charge in [0.25, 0.3) is 0 Å². The van der Waals surface area contributed by atoms with Crippen LogP contribution in [0, 0.1) is 12.8 Å². The molecule has 1 fully saturated rings. The fraction of sp³-hybridized carbons (Fsp3) is 0.308. The Kier molecular flexibility index (Phi) is 11.0. The number of esters is 3. The lowest BCUT2D eigenvalue weighted by atomic mass is 9.75. The number of carbonyl (C=O) groups excluding carboxylic acids is 3. The number of aromatic nitrogens is 1. The SMILES string of the molecule is CCOC(=O)C=Cc1ccc(C(=O)Oc2ccc(C(=O)Oc3ccc(-n4c(O)c(C)c(C(CC)C5CCCCC5)c4O)cc3)cc2)cc1. The Hall–Kier alpha value is -5.31. The summed E-state index contributed by atoms with van der Waals surface area (Å²) in [6.45, 7) is 6.00. The highest BCUT2D eigenvalue weighted by Gasteiger charge is 2.31. The minimum atomic E-state index is -0.602. The van der Waals surface area contributed by atoms with Crippen LogP contribution in [0.5, 0.6) is 23.3 Å². The Balaban J connectivity index is 1.20. The van der Waals surface area contributed by atoms with Crippen LogP contribution >= 0.6 is 0 Å². The quantitative estimate of drug-likeness (QED) is 0.0943. The van der Waals surface area contributed by atoms with Gasteiger partial charge in [-0.2, -0.15) is 0 Å². The standard InChI is InChI=1S/C39H41NO8/c1-4-33(27-9-7-6-8-10-27)35-25(3)36(42)40(37(35)43)30-18-22-32(23-19-30)48-39(45)29-16-20-31(21-17-29)47-38(44)28-14-11-26(12-15-28)13-24-34(41)46-5-2/h11-24,27,33,42-43H,4-10H2,1-3H3. The molecule has 4 aromatic rings. The molecular formula is C39H41NO8. The van der Waals surface area contributed by atoms with E-state index in [9.17, 15) is 24.6 Å². The smallest absolute Gasteiger partial charge is 0.343 e. The third-order valence-electron chi connectivity index (χ3n) is 8.88. The van der Waals surface area contributed by atoms with E-state index in [4.69, 9.17) is 14.2 Å². The van der Waals surface area contributed by atoms with Crippen LogP contribution in [0.4, 0.5) is 0 Å². The molecule has 0 saturated heterocycles. The van der Waals surface area contributed by atoms with E-state index >= 15 is 0 Å². The largest absolute Gasteiger partial charge is 0.494 e. The summed E-state index contributed by atoms with van der Waals surface area (Å²) < 4.78 is 17.3. The molecule has 0 spiro atoms. The Morgan fingerprint density at radius 3 is 1.88 bits per heavy atom. The molecule has 2 N–H and O–H groups in total. The lowest BCUT2D eigenvalue weighted by Crippen LogP contribution is -2.16. The highest BCUT2D eigenvalue weighted by atomic mass is 16.5. The number of hydrogen-bond acceptors (Lipinski definition) is 8. The van der Waals surface area contributed by atoms with Gasteiger partial charge < -0.3 is 24.4 Å². The Morgan fingerprint density at radius 2 is 1.33 bits per heavy atom. The molecule has 9 nitrogen and oxygen atoms in total. The highest BCUT2D eigenvalue weighted by molar-refractivity contribution is 5.93. The molecule has 250 valence electrons. The second-order valence-electron chi connectivity index (χ2n) is 11.9. The van der Waals surface area contributed by atoms with Crippen LogP contribution in [0.3, 0.4) is 0 Å². The van der Waals surface area contributed by atoms with Gasteiger partial charge in [-0.15, -0.1) is 0 Å². The number of aromatic hydroxyl groups is 2. The van der Waals surface area contributed by atoms with Crippen LogP contribution in [-0.2, 0) is 9.53 Å². The zero-order chi connectivity index (χ0) is 34.2. The van der Waals surface area contributed by atoms with E-state index in [2.05, 4.69) is 6.92 Å². The minimum Gasteiger partial charge on any atom is -0.494 e. The van der Waals surface area contributed by atoms with E-state index in [0.29, 0.717) is 29.3 Å². The highest BCUT2D eigenvalue weighted by Crippen LogP contribution is 2.47. The maximum atomic E-state index is 12.9. The van der Waals surface area contributed by atoms with Crippen LogP contribution in [0.15, 0.2) is 78.9 Å². The van der Waals surface area contributed by atoms with Crippen molar-refractivity contribution in [3.63, 3.8) is 0 Å². The second kappa shape index (κ2) is 15.5. The van der Waals surface area contributed by atoms with Gasteiger partial charge in [0.2, 0.25) is 11.8 Å². The summed E-state index contributed by atoms with van der Waals surface area (Å²) in [5.74, 6) is -0.374. The topological polar surface area (TPSA) is 124 Å². The van der Waals surface area contributed by atoms with Crippen LogP contribution < -0.4 is 9.47 Å². The van der Waals surface area contributed by atoms with Gasteiger partial charge >= 0.3 is 17.9 Å². The van der Waals surface area contributed by atoms with Crippen molar-refractivity contribution in [2.75, 3.05) is 6.61 Å². The van der Waals surface area contributed by atoms with Crippen LogP contribution in [0.1, 0.15) is 95.7 Å². The molecule has 1 unspecified atom stereocenters. The zero-order valence-corrected chi connectivity index (χ0v) is 27.5. The number of benzene rings is 3. The van der Waals surface area contributed by atoms with Crippen molar-refractivity contribution in [2.24, 2.45) is 5.92 Å². The van der Waals surface area contributed by atoms with E-state index in [1.165, 1.54) is 54.2 Å². The molecule has 1 saturated carbocycles. The van der Waals surface area contributed by atoms with E-state index in [-0.39, 0.29) is 34.7 Å². The lowest BCUT2D eigenvalue weighted by molar-refractivity contribution is -0.137. The van der Waals surface area contributed by atoms with Crippen LogP contribution in [-0.4, -0.2) is 39.3 Å². The van der Waals surface area contributed by atoms with Crippen molar-refractivity contribution in [2.45, 2.75) is 65.2 Å². The van der Waals surface area contributed by atoms with Gasteiger partial charge in [-0.05, 0) is 117 Å². The zero-order valence-electron chi connectivity index (χ0n) is 27.5.